The molecule has 0 aliphatic heterocycles. The van der Waals surface area contributed by atoms with E-state index in [1.807, 2.05) is 0 Å². The molecule has 0 radical (unpaired) electrons. The van der Waals surface area contributed by atoms with E-state index in [0.717, 1.165) is 18.6 Å². The molecule has 2 heteroatoms. The number of allylic oxidation sites excluding steroid dienone is 1. The predicted molar refractivity (Wildman–Crippen MR) is 141 cm³/mol. The molecule has 0 N–H and O–H groups in total. The molecule has 0 spiro atoms. The first kappa shape index (κ1) is 26.3. The van der Waals surface area contributed by atoms with Gasteiger partial charge in [0.2, 0.25) is 6.29 Å². The molecule has 1 saturated carbocycles. The highest BCUT2D eigenvalue weighted by molar-refractivity contribution is 5.30. The Labute approximate surface area is 204 Å². The third-order valence-electron chi connectivity index (χ3n) is 7.88. The van der Waals surface area contributed by atoms with Crippen LogP contribution in [0.3, 0.4) is 0 Å². The third-order valence-corrected chi connectivity index (χ3v) is 7.88. The average Bonchev–Trinajstić information content (AvgIpc) is 2.77. The van der Waals surface area contributed by atoms with Gasteiger partial charge < -0.3 is 9.47 Å². The van der Waals surface area contributed by atoms with Crippen LogP contribution in [0.1, 0.15) is 118 Å². The second-order valence-electron chi connectivity index (χ2n) is 12.1. The Bertz CT molecular complexity index is 741. The van der Waals surface area contributed by atoms with Crippen molar-refractivity contribution in [3.05, 3.63) is 41.5 Å². The van der Waals surface area contributed by atoms with E-state index < -0.39 is 0 Å². The number of benzene rings is 1. The highest BCUT2D eigenvalue weighted by atomic mass is 16.7. The van der Waals surface area contributed by atoms with Crippen molar-refractivity contribution >= 4 is 0 Å². The van der Waals surface area contributed by atoms with Crippen LogP contribution >= 0.6 is 0 Å². The maximum absolute atomic E-state index is 6.78. The van der Waals surface area contributed by atoms with Gasteiger partial charge in [0, 0.05) is 5.41 Å². The SMILES string of the molecule is CCC1=CC(C)(C(Oc2ccc(C(CC(C)C)C(C)C)cc2)OC2CCCCC2)CC(C)C1. The zero-order valence-electron chi connectivity index (χ0n) is 22.5. The van der Waals surface area contributed by atoms with E-state index in [1.54, 1.807) is 5.57 Å². The maximum atomic E-state index is 6.78. The molecule has 3 rings (SSSR count). The van der Waals surface area contributed by atoms with Gasteiger partial charge in [-0.25, -0.2) is 0 Å². The Kier molecular flexibility index (Phi) is 9.51. The smallest absolute Gasteiger partial charge is 0.208 e. The third kappa shape index (κ3) is 7.35. The summed E-state index contributed by atoms with van der Waals surface area (Å²) in [4.78, 5) is 0. The Hall–Kier alpha value is -1.28. The van der Waals surface area contributed by atoms with Crippen LogP contribution in [-0.4, -0.2) is 12.4 Å². The summed E-state index contributed by atoms with van der Waals surface area (Å²) in [6.45, 7) is 16.4. The van der Waals surface area contributed by atoms with E-state index in [9.17, 15) is 0 Å². The maximum Gasteiger partial charge on any atom is 0.208 e. The minimum absolute atomic E-state index is 0.0861. The lowest BCUT2D eigenvalue weighted by Gasteiger charge is -2.42. The molecule has 0 aromatic heterocycles. The van der Waals surface area contributed by atoms with Gasteiger partial charge in [-0.15, -0.1) is 0 Å². The van der Waals surface area contributed by atoms with E-state index >= 15 is 0 Å². The van der Waals surface area contributed by atoms with Gasteiger partial charge in [-0.1, -0.05) is 91.5 Å². The quantitative estimate of drug-likeness (QED) is 0.259. The topological polar surface area (TPSA) is 18.5 Å². The molecule has 1 fully saturated rings. The van der Waals surface area contributed by atoms with Crippen LogP contribution in [0.4, 0.5) is 0 Å². The van der Waals surface area contributed by atoms with Crippen LogP contribution in [0.2, 0.25) is 0 Å². The van der Waals surface area contributed by atoms with Crippen molar-refractivity contribution < 1.29 is 9.47 Å². The molecule has 4 atom stereocenters. The monoisotopic (exact) mass is 454 g/mol. The molecule has 1 aromatic rings. The van der Waals surface area contributed by atoms with E-state index in [4.69, 9.17) is 9.47 Å². The van der Waals surface area contributed by atoms with Gasteiger partial charge in [0.15, 0.2) is 0 Å². The van der Waals surface area contributed by atoms with Gasteiger partial charge in [0.25, 0.3) is 0 Å². The second-order valence-corrected chi connectivity index (χ2v) is 12.1. The summed E-state index contributed by atoms with van der Waals surface area (Å²) in [5, 5.41) is 0. The molecule has 0 saturated heterocycles. The van der Waals surface area contributed by atoms with Crippen molar-refractivity contribution in [2.45, 2.75) is 125 Å². The zero-order chi connectivity index (χ0) is 24.0. The van der Waals surface area contributed by atoms with Crippen LogP contribution in [0.25, 0.3) is 0 Å². The Morgan fingerprint density at radius 1 is 1.00 bits per heavy atom. The summed E-state index contributed by atoms with van der Waals surface area (Å²) >= 11 is 0. The minimum atomic E-state index is -0.229. The van der Waals surface area contributed by atoms with Crippen LogP contribution < -0.4 is 4.74 Å². The summed E-state index contributed by atoms with van der Waals surface area (Å²) in [6, 6.07) is 8.95. The van der Waals surface area contributed by atoms with Crippen molar-refractivity contribution in [3.8, 4) is 5.75 Å². The average molecular weight is 455 g/mol. The molecule has 0 heterocycles. The molecule has 4 unspecified atom stereocenters. The highest BCUT2D eigenvalue weighted by Gasteiger charge is 2.41. The van der Waals surface area contributed by atoms with Crippen LogP contribution in [-0.2, 0) is 4.74 Å². The molecule has 2 nitrogen and oxygen atoms in total. The largest absolute Gasteiger partial charge is 0.464 e. The first-order valence-electron chi connectivity index (χ1n) is 13.8. The van der Waals surface area contributed by atoms with Crippen LogP contribution in [0, 0.1) is 23.2 Å². The predicted octanol–water partition coefficient (Wildman–Crippen LogP) is 9.30. The summed E-state index contributed by atoms with van der Waals surface area (Å²) in [5.74, 6) is 3.55. The molecule has 2 aliphatic rings. The Morgan fingerprint density at radius 3 is 2.24 bits per heavy atom. The lowest BCUT2D eigenvalue weighted by Crippen LogP contribution is -2.43. The molecule has 33 heavy (non-hydrogen) atoms. The van der Waals surface area contributed by atoms with Crippen molar-refractivity contribution in [1.29, 1.82) is 0 Å². The van der Waals surface area contributed by atoms with Gasteiger partial charge in [0.1, 0.15) is 5.75 Å². The van der Waals surface area contributed by atoms with E-state index in [1.165, 1.54) is 50.5 Å². The molecule has 1 aromatic carbocycles. The molecule has 186 valence electrons. The number of hydrogen-bond donors (Lipinski definition) is 0. The van der Waals surface area contributed by atoms with Gasteiger partial charge in [-0.2, -0.15) is 0 Å². The highest BCUT2D eigenvalue weighted by Crippen LogP contribution is 2.44. The van der Waals surface area contributed by atoms with Crippen molar-refractivity contribution in [2.75, 3.05) is 0 Å². The molecule has 2 aliphatic carbocycles. The van der Waals surface area contributed by atoms with Crippen molar-refractivity contribution in [2.24, 2.45) is 23.2 Å². The summed E-state index contributed by atoms with van der Waals surface area (Å²) in [7, 11) is 0. The van der Waals surface area contributed by atoms with Crippen molar-refractivity contribution in [3.63, 3.8) is 0 Å². The van der Waals surface area contributed by atoms with Gasteiger partial charge in [-0.05, 0) is 79.9 Å². The molecule has 0 amide bonds. The Morgan fingerprint density at radius 2 is 1.67 bits per heavy atom. The van der Waals surface area contributed by atoms with E-state index in [-0.39, 0.29) is 11.7 Å². The minimum Gasteiger partial charge on any atom is -0.464 e. The summed E-state index contributed by atoms with van der Waals surface area (Å²) in [5.41, 5.74) is 2.90. The van der Waals surface area contributed by atoms with Crippen LogP contribution in [0.15, 0.2) is 35.9 Å². The van der Waals surface area contributed by atoms with Gasteiger partial charge in [-0.3, -0.25) is 0 Å². The molecular weight excluding hydrogens is 404 g/mol. The standard InChI is InChI=1S/C31H50O2/c1-8-25-19-24(6)20-31(7,21-25)30(32-27-12-10-9-11-13-27)33-28-16-14-26(15-17-28)29(23(4)5)18-22(2)3/h14-17,21-24,27,29-30H,8-13,18-20H2,1-7H3. The van der Waals surface area contributed by atoms with E-state index in [2.05, 4.69) is 78.8 Å². The lowest BCUT2D eigenvalue weighted by molar-refractivity contribution is -0.179. The summed E-state index contributed by atoms with van der Waals surface area (Å²) in [6.07, 6.45) is 13.5. The fourth-order valence-electron chi connectivity index (χ4n) is 6.18. The molecular formula is C31H50O2. The number of rotatable bonds is 10. The zero-order valence-corrected chi connectivity index (χ0v) is 22.5. The summed E-state index contributed by atoms with van der Waals surface area (Å²) < 4.78 is 13.5. The number of hydrogen-bond acceptors (Lipinski definition) is 2. The van der Waals surface area contributed by atoms with Crippen LogP contribution in [0.5, 0.6) is 5.75 Å². The first-order valence-corrected chi connectivity index (χ1v) is 13.8. The van der Waals surface area contributed by atoms with Crippen molar-refractivity contribution in [1.82, 2.24) is 0 Å². The fourth-order valence-corrected chi connectivity index (χ4v) is 6.18. The van der Waals surface area contributed by atoms with Gasteiger partial charge in [0.05, 0.1) is 6.10 Å². The Balaban J connectivity index is 1.82. The lowest BCUT2D eigenvalue weighted by atomic mass is 9.72. The first-order chi connectivity index (χ1) is 15.7. The molecule has 0 bridgehead atoms. The van der Waals surface area contributed by atoms with Gasteiger partial charge >= 0.3 is 0 Å². The van der Waals surface area contributed by atoms with E-state index in [0.29, 0.717) is 29.8 Å². The fraction of sp³-hybridized carbons (Fsp3) is 0.742. The second kappa shape index (κ2) is 11.9. The normalized spacial score (nSPS) is 26.3. The number of ether oxygens (including phenoxy) is 2.